The number of aromatic nitrogens is 1. The van der Waals surface area contributed by atoms with E-state index < -0.39 is 5.41 Å². The standard InChI is InChI=1S/C28H29N3O3/c1-2-20-34-23-13-11-21(12-14-23)26(32)30-18-15-28(16-19-30)25(24-10-6-7-17-29-24)31(27(28)33)22-8-4-3-5-9-22/h3-14,17,25H,2,15-16,18-20H2,1H3. The van der Waals surface area contributed by atoms with Gasteiger partial charge < -0.3 is 14.5 Å². The third-order valence-corrected chi connectivity index (χ3v) is 6.95. The van der Waals surface area contributed by atoms with Gasteiger partial charge in [0.05, 0.1) is 23.8 Å². The van der Waals surface area contributed by atoms with Gasteiger partial charge in [-0.1, -0.05) is 31.2 Å². The Morgan fingerprint density at radius 2 is 1.71 bits per heavy atom. The molecule has 1 spiro atoms. The Kier molecular flexibility index (Phi) is 6.05. The highest BCUT2D eigenvalue weighted by Gasteiger charge is 2.62. The van der Waals surface area contributed by atoms with Gasteiger partial charge in [-0.2, -0.15) is 0 Å². The van der Waals surface area contributed by atoms with Gasteiger partial charge in [0.1, 0.15) is 5.75 Å². The zero-order valence-corrected chi connectivity index (χ0v) is 19.4. The van der Waals surface area contributed by atoms with Gasteiger partial charge >= 0.3 is 0 Å². The van der Waals surface area contributed by atoms with Crippen molar-refractivity contribution in [3.05, 3.63) is 90.3 Å². The third kappa shape index (κ3) is 3.83. The van der Waals surface area contributed by atoms with Crippen LogP contribution in [0.3, 0.4) is 0 Å². The molecule has 2 saturated heterocycles. The lowest BCUT2D eigenvalue weighted by Gasteiger charge is -2.58. The first-order valence-electron chi connectivity index (χ1n) is 12.0. The molecule has 6 heteroatoms. The van der Waals surface area contributed by atoms with Gasteiger partial charge in [-0.15, -0.1) is 0 Å². The maximum Gasteiger partial charge on any atom is 0.253 e. The molecule has 6 nitrogen and oxygen atoms in total. The van der Waals surface area contributed by atoms with Crippen LogP contribution >= 0.6 is 0 Å². The minimum Gasteiger partial charge on any atom is -0.494 e. The number of β-lactam (4-membered cyclic amide) rings is 1. The molecule has 2 fully saturated rings. The quantitative estimate of drug-likeness (QED) is 0.497. The summed E-state index contributed by atoms with van der Waals surface area (Å²) in [5, 5.41) is 0. The van der Waals surface area contributed by atoms with Crippen molar-refractivity contribution in [1.29, 1.82) is 0 Å². The zero-order valence-electron chi connectivity index (χ0n) is 19.4. The van der Waals surface area contributed by atoms with Crippen LogP contribution in [0.5, 0.6) is 5.75 Å². The number of carbonyl (C=O) groups is 2. The Morgan fingerprint density at radius 3 is 2.35 bits per heavy atom. The fourth-order valence-corrected chi connectivity index (χ4v) is 5.16. The minimum absolute atomic E-state index is 0.00188. The van der Waals surface area contributed by atoms with Crippen molar-refractivity contribution in [2.45, 2.75) is 32.2 Å². The summed E-state index contributed by atoms with van der Waals surface area (Å²) in [5.74, 6) is 0.895. The molecule has 2 aliphatic heterocycles. The Balaban J connectivity index is 1.33. The van der Waals surface area contributed by atoms with E-state index in [0.717, 1.165) is 23.6 Å². The van der Waals surface area contributed by atoms with Crippen LogP contribution in [-0.4, -0.2) is 41.4 Å². The number of hydrogen-bond acceptors (Lipinski definition) is 4. The van der Waals surface area contributed by atoms with E-state index in [2.05, 4.69) is 11.9 Å². The molecule has 1 atom stereocenters. The van der Waals surface area contributed by atoms with E-state index in [9.17, 15) is 9.59 Å². The molecule has 1 aromatic heterocycles. The normalized spacial score (nSPS) is 19.1. The van der Waals surface area contributed by atoms with Crippen LogP contribution in [0.2, 0.25) is 0 Å². The smallest absolute Gasteiger partial charge is 0.253 e. The number of piperidine rings is 1. The van der Waals surface area contributed by atoms with Crippen molar-refractivity contribution in [1.82, 2.24) is 9.88 Å². The summed E-state index contributed by atoms with van der Waals surface area (Å²) in [6, 6.07) is 22.8. The third-order valence-electron chi connectivity index (χ3n) is 6.95. The highest BCUT2D eigenvalue weighted by atomic mass is 16.5. The summed E-state index contributed by atoms with van der Waals surface area (Å²) in [6.07, 6.45) is 3.97. The number of carbonyl (C=O) groups excluding carboxylic acids is 2. The zero-order chi connectivity index (χ0) is 23.5. The first-order chi connectivity index (χ1) is 16.6. The summed E-state index contributed by atoms with van der Waals surface area (Å²) in [5.41, 5.74) is 1.90. The number of ether oxygens (including phenoxy) is 1. The van der Waals surface area contributed by atoms with Gasteiger partial charge in [-0.3, -0.25) is 14.6 Å². The average Bonchev–Trinajstić information content (AvgIpc) is 2.91. The predicted octanol–water partition coefficient (Wildman–Crippen LogP) is 4.88. The number of amides is 2. The van der Waals surface area contributed by atoms with E-state index in [1.807, 2.05) is 82.6 Å². The summed E-state index contributed by atoms with van der Waals surface area (Å²) in [4.78, 5) is 35.1. The molecule has 174 valence electrons. The Hall–Kier alpha value is -3.67. The second-order valence-electron chi connectivity index (χ2n) is 8.99. The van der Waals surface area contributed by atoms with E-state index in [1.165, 1.54) is 0 Å². The number of pyridine rings is 1. The lowest BCUT2D eigenvalue weighted by molar-refractivity contribution is -0.144. The Bertz CT molecular complexity index is 1140. The molecule has 2 aliphatic rings. The number of para-hydroxylation sites is 1. The second kappa shape index (κ2) is 9.29. The van der Waals surface area contributed by atoms with Crippen molar-refractivity contribution in [2.75, 3.05) is 24.6 Å². The fourth-order valence-electron chi connectivity index (χ4n) is 5.16. The lowest BCUT2D eigenvalue weighted by Crippen LogP contribution is -2.67. The second-order valence-corrected chi connectivity index (χ2v) is 8.99. The van der Waals surface area contributed by atoms with Crippen molar-refractivity contribution in [2.24, 2.45) is 5.41 Å². The number of nitrogens with zero attached hydrogens (tertiary/aromatic N) is 3. The van der Waals surface area contributed by atoms with Crippen LogP contribution in [-0.2, 0) is 4.79 Å². The van der Waals surface area contributed by atoms with Crippen molar-refractivity contribution in [3.63, 3.8) is 0 Å². The van der Waals surface area contributed by atoms with Crippen molar-refractivity contribution in [3.8, 4) is 5.75 Å². The minimum atomic E-state index is -0.529. The fraction of sp³-hybridized carbons (Fsp3) is 0.321. The van der Waals surface area contributed by atoms with E-state index >= 15 is 0 Å². The SMILES string of the molecule is CCCOc1ccc(C(=O)N2CCC3(CC2)C(=O)N(c2ccccc2)C3c2ccccn2)cc1. The van der Waals surface area contributed by atoms with E-state index in [-0.39, 0.29) is 17.9 Å². The van der Waals surface area contributed by atoms with Crippen molar-refractivity contribution < 1.29 is 14.3 Å². The molecule has 0 radical (unpaired) electrons. The first kappa shape index (κ1) is 22.1. The molecule has 2 amide bonds. The summed E-state index contributed by atoms with van der Waals surface area (Å²) in [6.45, 7) is 3.81. The predicted molar refractivity (Wildman–Crippen MR) is 131 cm³/mol. The van der Waals surface area contributed by atoms with Crippen LogP contribution < -0.4 is 9.64 Å². The maximum absolute atomic E-state index is 13.6. The van der Waals surface area contributed by atoms with Gasteiger partial charge in [0, 0.05) is 30.5 Å². The van der Waals surface area contributed by atoms with Gasteiger partial charge in [0.25, 0.3) is 5.91 Å². The van der Waals surface area contributed by atoms with Gasteiger partial charge in [-0.25, -0.2) is 0 Å². The summed E-state index contributed by atoms with van der Waals surface area (Å²) in [7, 11) is 0. The number of anilines is 1. The molecule has 0 N–H and O–H groups in total. The van der Waals surface area contributed by atoms with E-state index in [4.69, 9.17) is 4.74 Å². The first-order valence-corrected chi connectivity index (χ1v) is 12.0. The van der Waals surface area contributed by atoms with Crippen LogP contribution in [0.1, 0.15) is 48.3 Å². The number of hydrogen-bond donors (Lipinski definition) is 0. The summed E-state index contributed by atoms with van der Waals surface area (Å²) >= 11 is 0. The molecule has 1 unspecified atom stereocenters. The highest BCUT2D eigenvalue weighted by Crippen LogP contribution is 2.57. The van der Waals surface area contributed by atoms with Crippen LogP contribution in [0.4, 0.5) is 5.69 Å². The number of likely N-dealkylation sites (tertiary alicyclic amines) is 1. The van der Waals surface area contributed by atoms with E-state index in [1.54, 1.807) is 6.20 Å². The molecule has 0 bridgehead atoms. The molecular formula is C28H29N3O3. The molecule has 34 heavy (non-hydrogen) atoms. The van der Waals surface area contributed by atoms with Gasteiger partial charge in [0.2, 0.25) is 5.91 Å². The Morgan fingerprint density at radius 1 is 1.00 bits per heavy atom. The molecule has 3 aromatic rings. The number of rotatable bonds is 6. The molecular weight excluding hydrogens is 426 g/mol. The molecule has 5 rings (SSSR count). The van der Waals surface area contributed by atoms with Crippen LogP contribution in [0, 0.1) is 5.41 Å². The van der Waals surface area contributed by atoms with Crippen LogP contribution in [0.15, 0.2) is 79.0 Å². The average molecular weight is 456 g/mol. The molecule has 2 aromatic carbocycles. The van der Waals surface area contributed by atoms with E-state index in [0.29, 0.717) is 38.1 Å². The highest BCUT2D eigenvalue weighted by molar-refractivity contribution is 6.06. The maximum atomic E-state index is 13.6. The van der Waals surface area contributed by atoms with Gasteiger partial charge in [0.15, 0.2) is 0 Å². The van der Waals surface area contributed by atoms with Crippen LogP contribution in [0.25, 0.3) is 0 Å². The molecule has 3 heterocycles. The molecule has 0 saturated carbocycles. The lowest BCUT2D eigenvalue weighted by atomic mass is 9.63. The number of benzene rings is 2. The summed E-state index contributed by atoms with van der Waals surface area (Å²) < 4.78 is 5.62. The largest absolute Gasteiger partial charge is 0.494 e. The topological polar surface area (TPSA) is 62.7 Å². The van der Waals surface area contributed by atoms with Crippen molar-refractivity contribution >= 4 is 17.5 Å². The monoisotopic (exact) mass is 455 g/mol. The van der Waals surface area contributed by atoms with Gasteiger partial charge in [-0.05, 0) is 67.8 Å². The Labute approximate surface area is 200 Å². The molecule has 0 aliphatic carbocycles.